The highest BCUT2D eigenvalue weighted by Gasteiger charge is 2.09. The lowest BCUT2D eigenvalue weighted by molar-refractivity contribution is 0.598. The van der Waals surface area contributed by atoms with Crippen LogP contribution in [-0.4, -0.2) is 11.0 Å². The van der Waals surface area contributed by atoms with E-state index in [2.05, 4.69) is 34.6 Å². The molecule has 0 amide bonds. The summed E-state index contributed by atoms with van der Waals surface area (Å²) in [5, 5.41) is 13.2. The van der Waals surface area contributed by atoms with Gasteiger partial charge in [0.25, 0.3) is 0 Å². The number of hydrogen-bond donors (Lipinski definition) is 1. The van der Waals surface area contributed by atoms with Crippen LogP contribution in [0.1, 0.15) is 40.3 Å². The molecule has 4 heteroatoms. The summed E-state index contributed by atoms with van der Waals surface area (Å²) < 4.78 is 5.32. The molecular weight excluding hydrogens is 274 g/mol. The minimum Gasteiger partial charge on any atom is -0.444 e. The highest BCUT2D eigenvalue weighted by atomic mass is 16.3. The fourth-order valence-electron chi connectivity index (χ4n) is 2.29. The molecule has 2 heterocycles. The highest BCUT2D eigenvalue weighted by molar-refractivity contribution is 5.80. The molecule has 0 aromatic carbocycles. The molecule has 0 radical (unpaired) electrons. The van der Waals surface area contributed by atoms with E-state index >= 15 is 0 Å². The molecule has 2 aromatic rings. The van der Waals surface area contributed by atoms with E-state index in [4.69, 9.17) is 9.68 Å². The molecule has 1 aliphatic rings. The molecule has 1 atom stereocenters. The van der Waals surface area contributed by atoms with Gasteiger partial charge in [-0.15, -0.1) is 0 Å². The second-order valence-electron chi connectivity index (χ2n) is 4.82. The number of rotatable bonds is 2. The zero-order valence-electron chi connectivity index (χ0n) is 13.0. The van der Waals surface area contributed by atoms with Gasteiger partial charge in [-0.1, -0.05) is 38.2 Å². The molecule has 1 aliphatic carbocycles. The zero-order valence-corrected chi connectivity index (χ0v) is 13.0. The second-order valence-corrected chi connectivity index (χ2v) is 4.82. The predicted molar refractivity (Wildman–Crippen MR) is 91.7 cm³/mol. The number of fused-ring (bicyclic) bond motifs is 1. The number of anilines is 1. The fraction of sp³-hybridized carbons (Fsp3) is 0.333. The summed E-state index contributed by atoms with van der Waals surface area (Å²) in [6.07, 6.45) is 13.4. The van der Waals surface area contributed by atoms with Crippen LogP contribution in [0.3, 0.4) is 0 Å². The van der Waals surface area contributed by atoms with E-state index in [1.165, 1.54) is 0 Å². The van der Waals surface area contributed by atoms with Gasteiger partial charge in [0, 0.05) is 18.9 Å². The molecule has 3 rings (SSSR count). The van der Waals surface area contributed by atoms with Crippen molar-refractivity contribution in [3.05, 3.63) is 48.4 Å². The van der Waals surface area contributed by atoms with E-state index < -0.39 is 0 Å². The lowest BCUT2D eigenvalue weighted by Gasteiger charge is -2.17. The summed E-state index contributed by atoms with van der Waals surface area (Å²) in [7, 11) is 0. The van der Waals surface area contributed by atoms with Gasteiger partial charge in [-0.3, -0.25) is 0 Å². The third kappa shape index (κ3) is 3.98. The zero-order chi connectivity index (χ0) is 15.8. The summed E-state index contributed by atoms with van der Waals surface area (Å²) in [6.45, 7) is 4.00. The van der Waals surface area contributed by atoms with Gasteiger partial charge >= 0.3 is 0 Å². The van der Waals surface area contributed by atoms with E-state index in [0.29, 0.717) is 17.4 Å². The smallest absolute Gasteiger partial charge is 0.204 e. The summed E-state index contributed by atoms with van der Waals surface area (Å²) in [5.74, 6) is 1.13. The van der Waals surface area contributed by atoms with Crippen LogP contribution in [0.25, 0.3) is 11.0 Å². The first-order chi connectivity index (χ1) is 10.8. The molecule has 22 heavy (non-hydrogen) atoms. The van der Waals surface area contributed by atoms with Gasteiger partial charge in [0.1, 0.15) is 11.9 Å². The maximum atomic E-state index is 8.83. The molecule has 0 fully saturated rings. The summed E-state index contributed by atoms with van der Waals surface area (Å²) in [5.41, 5.74) is 0.643. The molecule has 0 spiro atoms. The Hall–Kier alpha value is -2.54. The van der Waals surface area contributed by atoms with Crippen molar-refractivity contribution in [1.29, 1.82) is 5.26 Å². The first-order valence-corrected chi connectivity index (χ1v) is 7.71. The number of pyridine rings is 1. The van der Waals surface area contributed by atoms with Crippen molar-refractivity contribution in [2.75, 3.05) is 5.32 Å². The van der Waals surface area contributed by atoms with Gasteiger partial charge in [0.15, 0.2) is 5.58 Å². The Labute approximate surface area is 132 Å². The third-order valence-corrected chi connectivity index (χ3v) is 3.31. The van der Waals surface area contributed by atoms with Crippen LogP contribution in [0, 0.1) is 11.3 Å². The van der Waals surface area contributed by atoms with Crippen molar-refractivity contribution >= 4 is 16.8 Å². The maximum absolute atomic E-state index is 8.83. The van der Waals surface area contributed by atoms with Crippen molar-refractivity contribution in [2.45, 2.75) is 39.2 Å². The Morgan fingerprint density at radius 3 is 2.64 bits per heavy atom. The van der Waals surface area contributed by atoms with Crippen molar-refractivity contribution in [3.63, 3.8) is 0 Å². The van der Waals surface area contributed by atoms with Crippen LogP contribution in [0.5, 0.6) is 0 Å². The van der Waals surface area contributed by atoms with Crippen LogP contribution in [0.2, 0.25) is 0 Å². The van der Waals surface area contributed by atoms with E-state index in [0.717, 1.165) is 30.5 Å². The normalized spacial score (nSPS) is 18.5. The monoisotopic (exact) mass is 297 g/mol. The molecule has 116 valence electrons. The molecule has 0 saturated carbocycles. The van der Waals surface area contributed by atoms with E-state index in [1.807, 2.05) is 26.0 Å². The van der Waals surface area contributed by atoms with E-state index in [9.17, 15) is 0 Å². The fourth-order valence-corrected chi connectivity index (χ4v) is 2.29. The maximum Gasteiger partial charge on any atom is 0.204 e. The molecular formula is C18H23N3O. The Morgan fingerprint density at radius 2 is 1.95 bits per heavy atom. The van der Waals surface area contributed by atoms with Gasteiger partial charge < -0.3 is 9.73 Å². The minimum absolute atomic E-state index is 0. The van der Waals surface area contributed by atoms with Crippen LogP contribution in [-0.2, 0) is 0 Å². The molecule has 1 N–H and O–H groups in total. The number of nitriles is 1. The van der Waals surface area contributed by atoms with Crippen LogP contribution < -0.4 is 5.32 Å². The van der Waals surface area contributed by atoms with E-state index in [1.54, 1.807) is 12.3 Å². The number of allylic oxidation sites excluding steroid dienone is 2. The SMILES string of the molecule is CC.N#Cc1cc2cc(NC3CC=CC/C=C\C3)ncc2o1.[HH]. The highest BCUT2D eigenvalue weighted by Crippen LogP contribution is 2.22. The standard InChI is InChI=1S/C16H15N3O.C2H6.H2/c17-10-14-8-12-9-16(18-11-15(12)20-14)19-13-6-4-2-1-3-5-7-13;1-2;/h2-5,8-9,11,13H,1,6-7H2,(H,18,19);1-2H3;1H/b4-2-,5-3?;;. The Bertz CT molecular complexity index is 699. The molecule has 0 aliphatic heterocycles. The molecule has 4 nitrogen and oxygen atoms in total. The Balaban J connectivity index is 0.000000849. The van der Waals surface area contributed by atoms with Gasteiger partial charge in [-0.05, 0) is 25.3 Å². The van der Waals surface area contributed by atoms with Crippen molar-refractivity contribution in [2.24, 2.45) is 0 Å². The summed E-state index contributed by atoms with van der Waals surface area (Å²) in [6, 6.07) is 6.00. The predicted octanol–water partition coefficient (Wildman–Crippen LogP) is 5.05. The average Bonchev–Trinajstić information content (AvgIpc) is 2.94. The number of nitrogens with one attached hydrogen (secondary N) is 1. The second kappa shape index (κ2) is 8.04. The first-order valence-electron chi connectivity index (χ1n) is 7.71. The van der Waals surface area contributed by atoms with Crippen LogP contribution >= 0.6 is 0 Å². The molecule has 1 unspecified atom stereocenters. The lowest BCUT2D eigenvalue weighted by atomic mass is 10.1. The van der Waals surface area contributed by atoms with Gasteiger partial charge in [0.2, 0.25) is 5.76 Å². The van der Waals surface area contributed by atoms with Crippen LogP contribution in [0.15, 0.2) is 47.1 Å². The number of hydrogen-bond acceptors (Lipinski definition) is 4. The van der Waals surface area contributed by atoms with Crippen molar-refractivity contribution in [1.82, 2.24) is 4.98 Å². The first kappa shape index (κ1) is 15.8. The van der Waals surface area contributed by atoms with Crippen molar-refractivity contribution < 1.29 is 5.84 Å². The van der Waals surface area contributed by atoms with Gasteiger partial charge in [-0.25, -0.2) is 4.98 Å². The number of nitrogens with zero attached hydrogens (tertiary/aromatic N) is 2. The Morgan fingerprint density at radius 1 is 1.23 bits per heavy atom. The quantitative estimate of drug-likeness (QED) is 0.788. The molecule has 2 aromatic heterocycles. The van der Waals surface area contributed by atoms with Crippen LogP contribution in [0.4, 0.5) is 5.82 Å². The summed E-state index contributed by atoms with van der Waals surface area (Å²) in [4.78, 5) is 4.34. The number of furan rings is 1. The minimum atomic E-state index is 0. The average molecular weight is 297 g/mol. The van der Waals surface area contributed by atoms with Crippen molar-refractivity contribution in [3.8, 4) is 6.07 Å². The Kier molecular flexibility index (Phi) is 5.79. The third-order valence-electron chi connectivity index (χ3n) is 3.31. The molecule has 0 bridgehead atoms. The van der Waals surface area contributed by atoms with Gasteiger partial charge in [0.05, 0.1) is 6.20 Å². The summed E-state index contributed by atoms with van der Waals surface area (Å²) >= 11 is 0. The van der Waals surface area contributed by atoms with Gasteiger partial charge in [-0.2, -0.15) is 5.26 Å². The van der Waals surface area contributed by atoms with E-state index in [-0.39, 0.29) is 1.43 Å². The lowest BCUT2D eigenvalue weighted by Crippen LogP contribution is -2.18. The molecule has 0 saturated heterocycles. The topological polar surface area (TPSA) is 61.9 Å². The largest absolute Gasteiger partial charge is 0.444 e. The number of aromatic nitrogens is 1.